The first-order chi connectivity index (χ1) is 12.2. The van der Waals surface area contributed by atoms with E-state index in [1.807, 2.05) is 0 Å². The van der Waals surface area contributed by atoms with Crippen LogP contribution in [0.4, 0.5) is 5.69 Å². The van der Waals surface area contributed by atoms with Crippen LogP contribution in [0.3, 0.4) is 0 Å². The monoisotopic (exact) mass is 346 g/mol. The molecule has 0 bridgehead atoms. The summed E-state index contributed by atoms with van der Waals surface area (Å²) in [5.74, 6) is 0.912. The maximum absolute atomic E-state index is 10.6. The molecular weight excluding hydrogens is 316 g/mol. The molecule has 2 heterocycles. The summed E-state index contributed by atoms with van der Waals surface area (Å²) in [6, 6.07) is 10.5. The number of benzene rings is 1. The maximum atomic E-state index is 10.6. The fraction of sp³-hybridized carbons (Fsp3) is 0.632. The van der Waals surface area contributed by atoms with Crippen molar-refractivity contribution in [2.45, 2.75) is 25.4 Å². The highest BCUT2D eigenvalue weighted by molar-refractivity contribution is 5.80. The van der Waals surface area contributed by atoms with Crippen molar-refractivity contribution in [3.63, 3.8) is 0 Å². The van der Waals surface area contributed by atoms with Gasteiger partial charge in [-0.05, 0) is 19.1 Å². The largest absolute Gasteiger partial charge is 0.388 e. The highest BCUT2D eigenvalue weighted by atomic mass is 16.5. The van der Waals surface area contributed by atoms with Crippen LogP contribution in [0.25, 0.3) is 0 Å². The number of nitrogens with one attached hydrogen (secondary N) is 1. The van der Waals surface area contributed by atoms with E-state index < -0.39 is 5.60 Å². The number of nitrogens with zero attached hydrogens (tertiary/aromatic N) is 3. The lowest BCUT2D eigenvalue weighted by Gasteiger charge is -2.38. The summed E-state index contributed by atoms with van der Waals surface area (Å²) >= 11 is 0. The SMILES string of the molecule is CCNC(=NCC1(O)CCOCC1)N1CCN(c2ccccc2)CC1. The Balaban J connectivity index is 1.59. The molecule has 2 fully saturated rings. The van der Waals surface area contributed by atoms with Crippen molar-refractivity contribution in [1.82, 2.24) is 10.2 Å². The first kappa shape index (κ1) is 18.0. The van der Waals surface area contributed by atoms with Crippen LogP contribution in [0, 0.1) is 0 Å². The van der Waals surface area contributed by atoms with Gasteiger partial charge >= 0.3 is 0 Å². The number of para-hydroxylation sites is 1. The molecule has 2 aliphatic heterocycles. The molecule has 1 aromatic carbocycles. The van der Waals surface area contributed by atoms with E-state index in [-0.39, 0.29) is 0 Å². The molecule has 3 rings (SSSR count). The maximum Gasteiger partial charge on any atom is 0.194 e. The highest BCUT2D eigenvalue weighted by Gasteiger charge is 2.30. The zero-order valence-corrected chi connectivity index (χ0v) is 15.2. The van der Waals surface area contributed by atoms with Crippen LogP contribution < -0.4 is 10.2 Å². The molecular formula is C19H30N4O2. The average molecular weight is 346 g/mol. The summed E-state index contributed by atoms with van der Waals surface area (Å²) in [6.07, 6.45) is 1.33. The normalized spacial score (nSPS) is 21.3. The van der Waals surface area contributed by atoms with Gasteiger partial charge in [-0.25, -0.2) is 0 Å². The van der Waals surface area contributed by atoms with E-state index in [9.17, 15) is 5.11 Å². The Morgan fingerprint density at radius 3 is 2.48 bits per heavy atom. The van der Waals surface area contributed by atoms with Gasteiger partial charge in [0.05, 0.1) is 12.1 Å². The lowest BCUT2D eigenvalue weighted by Crippen LogP contribution is -2.53. The fourth-order valence-electron chi connectivity index (χ4n) is 3.37. The Morgan fingerprint density at radius 2 is 1.84 bits per heavy atom. The second-order valence-electron chi connectivity index (χ2n) is 6.82. The third-order valence-corrected chi connectivity index (χ3v) is 4.98. The second-order valence-corrected chi connectivity index (χ2v) is 6.82. The molecule has 6 nitrogen and oxygen atoms in total. The molecule has 0 aromatic heterocycles. The molecule has 0 spiro atoms. The third-order valence-electron chi connectivity index (χ3n) is 4.98. The van der Waals surface area contributed by atoms with E-state index in [2.05, 4.69) is 52.4 Å². The number of anilines is 1. The Labute approximate surface area is 150 Å². The molecule has 1 aromatic rings. The van der Waals surface area contributed by atoms with E-state index in [0.29, 0.717) is 32.6 Å². The number of hydrogen-bond acceptors (Lipinski definition) is 4. The predicted molar refractivity (Wildman–Crippen MR) is 101 cm³/mol. The van der Waals surface area contributed by atoms with Crippen molar-refractivity contribution >= 4 is 11.6 Å². The summed E-state index contributed by atoms with van der Waals surface area (Å²) in [4.78, 5) is 9.44. The van der Waals surface area contributed by atoms with Crippen LogP contribution in [0.5, 0.6) is 0 Å². The topological polar surface area (TPSA) is 60.3 Å². The average Bonchev–Trinajstić information content (AvgIpc) is 2.67. The van der Waals surface area contributed by atoms with Crippen LogP contribution in [0.2, 0.25) is 0 Å². The predicted octanol–water partition coefficient (Wildman–Crippen LogP) is 1.32. The van der Waals surface area contributed by atoms with Gasteiger partial charge in [0.15, 0.2) is 5.96 Å². The smallest absolute Gasteiger partial charge is 0.194 e. The van der Waals surface area contributed by atoms with Crippen molar-refractivity contribution in [3.05, 3.63) is 30.3 Å². The van der Waals surface area contributed by atoms with Gasteiger partial charge in [0, 0.05) is 64.5 Å². The molecule has 2 N–H and O–H groups in total. The molecule has 2 saturated heterocycles. The van der Waals surface area contributed by atoms with Gasteiger partial charge in [0.2, 0.25) is 0 Å². The molecule has 0 saturated carbocycles. The molecule has 0 amide bonds. The second kappa shape index (κ2) is 8.54. The Kier molecular flexibility index (Phi) is 6.15. The van der Waals surface area contributed by atoms with Crippen molar-refractivity contribution in [2.75, 3.05) is 57.4 Å². The summed E-state index contributed by atoms with van der Waals surface area (Å²) in [6.45, 7) is 8.43. The Morgan fingerprint density at radius 1 is 1.16 bits per heavy atom. The number of piperazine rings is 1. The van der Waals surface area contributed by atoms with Crippen LogP contribution in [0.15, 0.2) is 35.3 Å². The summed E-state index contributed by atoms with van der Waals surface area (Å²) in [5.41, 5.74) is 0.561. The highest BCUT2D eigenvalue weighted by Crippen LogP contribution is 2.21. The molecule has 2 aliphatic rings. The first-order valence-corrected chi connectivity index (χ1v) is 9.33. The summed E-state index contributed by atoms with van der Waals surface area (Å²) < 4.78 is 5.35. The fourth-order valence-corrected chi connectivity index (χ4v) is 3.37. The van der Waals surface area contributed by atoms with Gasteiger partial charge in [-0.1, -0.05) is 18.2 Å². The zero-order valence-electron chi connectivity index (χ0n) is 15.2. The molecule has 0 aliphatic carbocycles. The molecule has 25 heavy (non-hydrogen) atoms. The van der Waals surface area contributed by atoms with E-state index in [0.717, 1.165) is 38.7 Å². The standard InChI is InChI=1S/C19H30N4O2/c1-2-20-18(21-16-19(24)8-14-25-15-9-19)23-12-10-22(11-13-23)17-6-4-3-5-7-17/h3-7,24H,2,8-16H2,1H3,(H,20,21). The number of aliphatic hydroxyl groups is 1. The minimum atomic E-state index is -0.717. The minimum Gasteiger partial charge on any atom is -0.388 e. The van der Waals surface area contributed by atoms with E-state index in [1.165, 1.54) is 5.69 Å². The van der Waals surface area contributed by atoms with Crippen LogP contribution in [0.1, 0.15) is 19.8 Å². The van der Waals surface area contributed by atoms with Gasteiger partial charge in [-0.2, -0.15) is 0 Å². The number of guanidine groups is 1. The van der Waals surface area contributed by atoms with Crippen molar-refractivity contribution < 1.29 is 9.84 Å². The molecule has 0 radical (unpaired) electrons. The number of ether oxygens (including phenoxy) is 1. The van der Waals surface area contributed by atoms with Gasteiger partial charge in [-0.15, -0.1) is 0 Å². The Bertz CT molecular complexity index is 550. The quantitative estimate of drug-likeness (QED) is 0.636. The lowest BCUT2D eigenvalue weighted by molar-refractivity contribution is -0.0566. The zero-order chi connectivity index (χ0) is 17.5. The molecule has 0 unspecified atom stereocenters. The van der Waals surface area contributed by atoms with E-state index >= 15 is 0 Å². The first-order valence-electron chi connectivity index (χ1n) is 9.33. The number of aliphatic imine (C=N–C) groups is 1. The third kappa shape index (κ3) is 4.86. The van der Waals surface area contributed by atoms with Crippen LogP contribution in [-0.4, -0.2) is 74.0 Å². The number of rotatable bonds is 4. The van der Waals surface area contributed by atoms with Gasteiger partial charge < -0.3 is 25.0 Å². The van der Waals surface area contributed by atoms with Crippen molar-refractivity contribution in [3.8, 4) is 0 Å². The van der Waals surface area contributed by atoms with E-state index in [1.54, 1.807) is 0 Å². The summed E-state index contributed by atoms with van der Waals surface area (Å²) in [5, 5.41) is 14.0. The number of hydrogen-bond donors (Lipinski definition) is 2. The van der Waals surface area contributed by atoms with Gasteiger partial charge in [0.1, 0.15) is 0 Å². The summed E-state index contributed by atoms with van der Waals surface area (Å²) in [7, 11) is 0. The minimum absolute atomic E-state index is 0.442. The van der Waals surface area contributed by atoms with Crippen molar-refractivity contribution in [1.29, 1.82) is 0 Å². The van der Waals surface area contributed by atoms with Gasteiger partial charge in [0.25, 0.3) is 0 Å². The Hall–Kier alpha value is -1.79. The molecule has 6 heteroatoms. The molecule has 138 valence electrons. The van der Waals surface area contributed by atoms with Crippen LogP contribution >= 0.6 is 0 Å². The van der Waals surface area contributed by atoms with Crippen LogP contribution in [-0.2, 0) is 4.74 Å². The van der Waals surface area contributed by atoms with E-state index in [4.69, 9.17) is 9.73 Å². The van der Waals surface area contributed by atoms with Crippen molar-refractivity contribution in [2.24, 2.45) is 4.99 Å². The molecule has 0 atom stereocenters. The van der Waals surface area contributed by atoms with Gasteiger partial charge in [-0.3, -0.25) is 4.99 Å². The lowest BCUT2D eigenvalue weighted by atomic mass is 9.95.